The van der Waals surface area contributed by atoms with E-state index < -0.39 is 74.6 Å². The number of amides is 5. The minimum absolute atomic E-state index is 0.00947. The number of nitrogens with zero attached hydrogens (tertiary/aromatic N) is 2. The summed E-state index contributed by atoms with van der Waals surface area (Å²) in [6.07, 6.45) is 3.64. The second kappa shape index (κ2) is 15.0. The molecule has 4 rings (SSSR count). The molecule has 2 heterocycles. The van der Waals surface area contributed by atoms with E-state index in [1.54, 1.807) is 11.4 Å². The van der Waals surface area contributed by atoms with E-state index in [2.05, 4.69) is 41.7 Å². The fourth-order valence-electron chi connectivity index (χ4n) is 7.00. The molecule has 1 saturated heterocycles. The number of thiophene rings is 1. The lowest BCUT2D eigenvalue weighted by molar-refractivity contribution is -0.145. The Balaban J connectivity index is 1.52. The predicted octanol–water partition coefficient (Wildman–Crippen LogP) is 3.14. The molecular weight excluding hydrogens is 693 g/mol. The number of piperidine rings is 1. The third-order valence-electron chi connectivity index (χ3n) is 10.6. The lowest BCUT2D eigenvalue weighted by Gasteiger charge is -2.39. The van der Waals surface area contributed by atoms with Gasteiger partial charge in [0.05, 0.1) is 6.04 Å². The predicted molar refractivity (Wildman–Crippen MR) is 196 cm³/mol. The minimum atomic E-state index is -3.78. The van der Waals surface area contributed by atoms with Gasteiger partial charge in [0.25, 0.3) is 15.9 Å². The molecule has 51 heavy (non-hydrogen) atoms. The van der Waals surface area contributed by atoms with Crippen LogP contribution in [0.4, 0.5) is 4.79 Å². The Hall–Kier alpha value is -3.30. The normalized spacial score (nSPS) is 23.0. The maximum atomic E-state index is 14.5. The van der Waals surface area contributed by atoms with Crippen LogP contribution >= 0.6 is 11.3 Å². The van der Waals surface area contributed by atoms with Crippen LogP contribution in [0, 0.1) is 34.0 Å². The maximum absolute atomic E-state index is 14.5. The van der Waals surface area contributed by atoms with E-state index in [0.29, 0.717) is 13.0 Å². The number of ketones is 1. The number of likely N-dealkylation sites (tertiary alicyclic amines) is 1. The van der Waals surface area contributed by atoms with Crippen molar-refractivity contribution < 1.29 is 32.4 Å². The van der Waals surface area contributed by atoms with Gasteiger partial charge in [-0.15, -0.1) is 17.9 Å². The molecule has 1 aromatic heterocycles. The van der Waals surface area contributed by atoms with Gasteiger partial charge in [0.2, 0.25) is 17.6 Å². The summed E-state index contributed by atoms with van der Waals surface area (Å²) in [5.74, 6) is -2.32. The molecule has 1 unspecified atom stereocenters. The number of likely N-dealkylation sites (N-methyl/N-ethyl adjacent to an activating group) is 1. The van der Waals surface area contributed by atoms with Gasteiger partial charge < -0.3 is 26.2 Å². The number of sulfonamides is 1. The first-order valence-electron chi connectivity index (χ1n) is 17.6. The zero-order chi connectivity index (χ0) is 38.3. The van der Waals surface area contributed by atoms with E-state index >= 15 is 0 Å². The number of fused-ring (bicyclic) bond motifs is 1. The van der Waals surface area contributed by atoms with Gasteiger partial charge in [-0.3, -0.25) is 19.2 Å². The molecule has 0 bridgehead atoms. The highest BCUT2D eigenvalue weighted by Crippen LogP contribution is 2.65. The van der Waals surface area contributed by atoms with Crippen LogP contribution in [0.3, 0.4) is 0 Å². The molecule has 13 nitrogen and oxygen atoms in total. The van der Waals surface area contributed by atoms with E-state index in [1.807, 2.05) is 41.5 Å². The van der Waals surface area contributed by atoms with Gasteiger partial charge in [-0.25, -0.2) is 13.2 Å². The minimum Gasteiger partial charge on any atom is -0.346 e. The third kappa shape index (κ3) is 9.20. The summed E-state index contributed by atoms with van der Waals surface area (Å²) < 4.78 is 27.7. The number of urea groups is 1. The Morgan fingerprint density at radius 1 is 1.06 bits per heavy atom. The van der Waals surface area contributed by atoms with Crippen LogP contribution in [0.1, 0.15) is 74.7 Å². The van der Waals surface area contributed by atoms with E-state index in [4.69, 9.17) is 0 Å². The van der Waals surface area contributed by atoms with E-state index in [9.17, 15) is 32.4 Å². The van der Waals surface area contributed by atoms with Crippen LogP contribution in [-0.4, -0.2) is 98.0 Å². The fourth-order valence-corrected chi connectivity index (χ4v) is 9.39. The molecule has 15 heteroatoms. The third-order valence-corrected chi connectivity index (χ3v) is 13.8. The van der Waals surface area contributed by atoms with Crippen LogP contribution < -0.4 is 21.3 Å². The highest BCUT2D eigenvalue weighted by molar-refractivity contribution is 7.91. The molecule has 1 aromatic rings. The Bertz CT molecular complexity index is 1610. The first-order valence-corrected chi connectivity index (χ1v) is 19.9. The lowest BCUT2D eigenvalue weighted by atomic mass is 9.85. The number of Topliss-reactive ketones (excluding diaryl/α,β-unsaturated/α-hetero) is 1. The standard InChI is InChI=1S/C36H56N6O7S2/c1-11-16-37-31(45)28(43)23(18-21-14-15-21)38-30(44)27-26-22(36(26,8)9)19-42(27)32(46)29(35(5,6)7)40-33(47)39-24(34(2,3)4)20-41(10)51(48,49)25-13-12-17-50-25/h11-13,17,21-24,26-27,29H,1,14-16,18-20H2,2-10H3,(H,37,45)(H,38,44)(H2,39,40,47)/t22-,23?,24+,26-,27-,29+/m0/s1. The molecule has 4 N–H and O–H groups in total. The van der Waals surface area contributed by atoms with Crippen LogP contribution in [-0.2, 0) is 29.2 Å². The summed E-state index contributed by atoms with van der Waals surface area (Å²) in [6.45, 7) is 19.2. The molecule has 2 aliphatic carbocycles. The van der Waals surface area contributed by atoms with Crippen molar-refractivity contribution in [2.45, 2.75) is 103 Å². The first kappa shape index (κ1) is 40.5. The van der Waals surface area contributed by atoms with Gasteiger partial charge in [-0.2, -0.15) is 4.31 Å². The smallest absolute Gasteiger partial charge is 0.315 e. The quantitative estimate of drug-likeness (QED) is 0.158. The summed E-state index contributed by atoms with van der Waals surface area (Å²) in [5, 5.41) is 12.8. The molecule has 3 fully saturated rings. The van der Waals surface area contributed by atoms with Gasteiger partial charge in [-0.05, 0) is 51.9 Å². The van der Waals surface area contributed by atoms with Crippen LogP contribution in [0.5, 0.6) is 0 Å². The molecule has 284 valence electrons. The molecule has 6 atom stereocenters. The lowest BCUT2D eigenvalue weighted by Crippen LogP contribution is -2.62. The van der Waals surface area contributed by atoms with Gasteiger partial charge in [-0.1, -0.05) is 80.4 Å². The number of nitrogens with one attached hydrogen (secondary N) is 4. The molecule has 0 radical (unpaired) electrons. The Morgan fingerprint density at radius 3 is 2.24 bits per heavy atom. The maximum Gasteiger partial charge on any atom is 0.315 e. The van der Waals surface area contributed by atoms with Crippen molar-refractivity contribution in [3.8, 4) is 0 Å². The molecule has 0 aromatic carbocycles. The van der Waals surface area contributed by atoms with Gasteiger partial charge in [0.15, 0.2) is 0 Å². The fraction of sp³-hybridized carbons (Fsp3) is 0.694. The van der Waals surface area contributed by atoms with Crippen LogP contribution in [0.25, 0.3) is 0 Å². The SMILES string of the molecule is C=CCNC(=O)C(=O)C(CC1CC1)NC(=O)[C@@H]1[C@@H]2[C@H](CN1C(=O)[C@@H](NC(=O)N[C@H](CN(C)S(=O)(=O)c1cccs1)C(C)(C)C)C(C)(C)C)C2(C)C. The van der Waals surface area contributed by atoms with Gasteiger partial charge in [0.1, 0.15) is 16.3 Å². The zero-order valence-electron chi connectivity index (χ0n) is 31.4. The second-order valence-electron chi connectivity index (χ2n) is 17.0. The number of rotatable bonds is 15. The molecular formula is C36H56N6O7S2. The summed E-state index contributed by atoms with van der Waals surface area (Å²) in [4.78, 5) is 69.5. The van der Waals surface area contributed by atoms with E-state index in [0.717, 1.165) is 24.2 Å². The Morgan fingerprint density at radius 2 is 1.71 bits per heavy atom. The van der Waals surface area contributed by atoms with E-state index in [-0.39, 0.29) is 40.5 Å². The van der Waals surface area contributed by atoms with Crippen molar-refractivity contribution in [3.63, 3.8) is 0 Å². The largest absolute Gasteiger partial charge is 0.346 e. The number of hydrogen-bond acceptors (Lipinski definition) is 8. The Labute approximate surface area is 306 Å². The molecule has 5 amide bonds. The van der Waals surface area contributed by atoms with Crippen LogP contribution in [0.2, 0.25) is 0 Å². The first-order chi connectivity index (χ1) is 23.5. The van der Waals surface area contributed by atoms with Crippen molar-refractivity contribution in [2.24, 2.45) is 34.0 Å². The van der Waals surface area contributed by atoms with Crippen molar-refractivity contribution in [3.05, 3.63) is 30.2 Å². The monoisotopic (exact) mass is 748 g/mol. The van der Waals surface area contributed by atoms with Gasteiger partial charge >= 0.3 is 6.03 Å². The number of carbonyl (C=O) groups is 5. The van der Waals surface area contributed by atoms with Gasteiger partial charge in [0, 0.05) is 32.7 Å². The zero-order valence-corrected chi connectivity index (χ0v) is 33.0. The second-order valence-corrected chi connectivity index (χ2v) is 20.3. The van der Waals surface area contributed by atoms with Crippen molar-refractivity contribution in [1.82, 2.24) is 30.5 Å². The highest BCUT2D eigenvalue weighted by Gasteiger charge is 2.70. The van der Waals surface area contributed by atoms with Crippen molar-refractivity contribution in [2.75, 3.05) is 26.7 Å². The molecule has 2 saturated carbocycles. The molecule has 3 aliphatic rings. The van der Waals surface area contributed by atoms with E-state index in [1.165, 1.54) is 28.4 Å². The number of carbonyl (C=O) groups excluding carboxylic acids is 5. The summed E-state index contributed by atoms with van der Waals surface area (Å²) in [6, 6.07) is -1.03. The summed E-state index contributed by atoms with van der Waals surface area (Å²) in [5.41, 5.74) is -1.55. The van der Waals surface area contributed by atoms with Crippen molar-refractivity contribution >= 4 is 50.9 Å². The average molecular weight is 749 g/mol. The summed E-state index contributed by atoms with van der Waals surface area (Å²) >= 11 is 1.11. The van der Waals surface area contributed by atoms with Crippen molar-refractivity contribution in [1.29, 1.82) is 0 Å². The Kier molecular flexibility index (Phi) is 11.9. The summed E-state index contributed by atoms with van der Waals surface area (Å²) in [7, 11) is -2.31. The topological polar surface area (TPSA) is 174 Å². The highest BCUT2D eigenvalue weighted by atomic mass is 32.2. The molecule has 1 aliphatic heterocycles. The van der Waals surface area contributed by atoms with Crippen LogP contribution in [0.15, 0.2) is 34.4 Å². The average Bonchev–Trinajstić information content (AvgIpc) is 3.71. The number of hydrogen-bond donors (Lipinski definition) is 4. The molecule has 0 spiro atoms.